The highest BCUT2D eigenvalue weighted by atomic mass is 35.5. The first kappa shape index (κ1) is 12.4. The van der Waals surface area contributed by atoms with Crippen LogP contribution in [0.4, 0.5) is 0 Å². The third-order valence-electron chi connectivity index (χ3n) is 3.32. The molecule has 1 aromatic rings. The fourth-order valence-corrected chi connectivity index (χ4v) is 2.10. The summed E-state index contributed by atoms with van der Waals surface area (Å²) in [5.41, 5.74) is 1.09. The van der Waals surface area contributed by atoms with Crippen molar-refractivity contribution < 1.29 is 9.53 Å². The normalized spacial score (nSPS) is 17.3. The second-order valence-electron chi connectivity index (χ2n) is 4.66. The minimum absolute atomic E-state index is 0.211. The summed E-state index contributed by atoms with van der Waals surface area (Å²) in [6, 6.07) is 5.81. The molecule has 0 aliphatic heterocycles. The average molecular weight is 253 g/mol. The summed E-state index contributed by atoms with van der Waals surface area (Å²) in [5, 5.41) is 0.646. The topological polar surface area (TPSA) is 26.3 Å². The highest BCUT2D eigenvalue weighted by Crippen LogP contribution is 2.33. The quantitative estimate of drug-likeness (QED) is 0.742. The number of hydrogen-bond acceptors (Lipinski definition) is 2. The molecule has 1 fully saturated rings. The standard InChI is InChI=1S/C14H17ClO2/c1-10(7-8-16)11-5-6-14(13(15)9-11)17-12-3-2-4-12/h5-6,8-10,12H,2-4,7H2,1H3. The lowest BCUT2D eigenvalue weighted by Crippen LogP contribution is -2.24. The Labute approximate surface area is 107 Å². The van der Waals surface area contributed by atoms with Crippen LogP contribution in [0, 0.1) is 0 Å². The lowest BCUT2D eigenvalue weighted by molar-refractivity contribution is -0.108. The van der Waals surface area contributed by atoms with Crippen molar-refractivity contribution in [3.8, 4) is 5.75 Å². The van der Waals surface area contributed by atoms with Gasteiger partial charge >= 0.3 is 0 Å². The molecule has 0 saturated heterocycles. The minimum Gasteiger partial charge on any atom is -0.489 e. The molecule has 1 unspecified atom stereocenters. The lowest BCUT2D eigenvalue weighted by atomic mass is 9.96. The van der Waals surface area contributed by atoms with Crippen molar-refractivity contribution in [2.24, 2.45) is 0 Å². The van der Waals surface area contributed by atoms with Gasteiger partial charge in [0, 0.05) is 6.42 Å². The molecule has 2 rings (SSSR count). The van der Waals surface area contributed by atoms with E-state index in [0.29, 0.717) is 17.5 Å². The molecule has 0 spiro atoms. The van der Waals surface area contributed by atoms with Crippen molar-refractivity contribution in [2.45, 2.75) is 44.6 Å². The van der Waals surface area contributed by atoms with Crippen molar-refractivity contribution in [3.63, 3.8) is 0 Å². The molecule has 3 heteroatoms. The Morgan fingerprint density at radius 3 is 2.82 bits per heavy atom. The molecule has 0 heterocycles. The van der Waals surface area contributed by atoms with E-state index in [9.17, 15) is 4.79 Å². The molecule has 17 heavy (non-hydrogen) atoms. The molecule has 2 nitrogen and oxygen atoms in total. The van der Waals surface area contributed by atoms with Crippen LogP contribution in [-0.4, -0.2) is 12.4 Å². The molecule has 1 aliphatic rings. The Balaban J connectivity index is 2.07. The van der Waals surface area contributed by atoms with Gasteiger partial charge in [-0.2, -0.15) is 0 Å². The van der Waals surface area contributed by atoms with Crippen molar-refractivity contribution in [3.05, 3.63) is 28.8 Å². The summed E-state index contributed by atoms with van der Waals surface area (Å²) < 4.78 is 5.77. The van der Waals surface area contributed by atoms with E-state index in [1.165, 1.54) is 6.42 Å². The molecule has 1 saturated carbocycles. The van der Waals surface area contributed by atoms with Gasteiger partial charge in [0.15, 0.2) is 0 Å². The summed E-state index contributed by atoms with van der Waals surface area (Å²) >= 11 is 6.19. The number of carbonyl (C=O) groups excluding carboxylic acids is 1. The van der Waals surface area contributed by atoms with E-state index in [1.807, 2.05) is 25.1 Å². The smallest absolute Gasteiger partial charge is 0.138 e. The first-order valence-electron chi connectivity index (χ1n) is 6.10. The van der Waals surface area contributed by atoms with Crippen LogP contribution in [0.15, 0.2) is 18.2 Å². The predicted octanol–water partition coefficient (Wildman–Crippen LogP) is 3.96. The van der Waals surface area contributed by atoms with Crippen molar-refractivity contribution in [1.82, 2.24) is 0 Å². The number of hydrogen-bond donors (Lipinski definition) is 0. The lowest BCUT2D eigenvalue weighted by Gasteiger charge is -2.27. The van der Waals surface area contributed by atoms with Crippen LogP contribution in [0.2, 0.25) is 5.02 Å². The van der Waals surface area contributed by atoms with Gasteiger partial charge in [-0.15, -0.1) is 0 Å². The van der Waals surface area contributed by atoms with E-state index in [-0.39, 0.29) is 5.92 Å². The van der Waals surface area contributed by atoms with E-state index in [2.05, 4.69) is 0 Å². The van der Waals surface area contributed by atoms with Gasteiger partial charge < -0.3 is 9.53 Å². The predicted molar refractivity (Wildman–Crippen MR) is 68.8 cm³/mol. The van der Waals surface area contributed by atoms with Crippen LogP contribution in [0.25, 0.3) is 0 Å². The van der Waals surface area contributed by atoms with E-state index in [4.69, 9.17) is 16.3 Å². The van der Waals surface area contributed by atoms with Crippen LogP contribution >= 0.6 is 11.6 Å². The van der Waals surface area contributed by atoms with Gasteiger partial charge in [0.2, 0.25) is 0 Å². The summed E-state index contributed by atoms with van der Waals surface area (Å²) in [5.74, 6) is 0.973. The molecule has 0 aromatic heterocycles. The molecular formula is C14H17ClO2. The third kappa shape index (κ3) is 3.01. The fraction of sp³-hybridized carbons (Fsp3) is 0.500. The van der Waals surface area contributed by atoms with Crippen LogP contribution in [0.1, 0.15) is 44.1 Å². The highest BCUT2D eigenvalue weighted by Gasteiger charge is 2.20. The maximum absolute atomic E-state index is 10.5. The summed E-state index contributed by atoms with van der Waals surface area (Å²) in [6.07, 6.45) is 5.30. The molecule has 0 amide bonds. The number of ether oxygens (including phenoxy) is 1. The van der Waals surface area contributed by atoms with Gasteiger partial charge in [-0.1, -0.05) is 24.6 Å². The minimum atomic E-state index is 0.211. The molecule has 0 bridgehead atoms. The zero-order chi connectivity index (χ0) is 12.3. The first-order valence-corrected chi connectivity index (χ1v) is 6.48. The molecule has 92 valence electrons. The Kier molecular flexibility index (Phi) is 4.06. The molecule has 0 N–H and O–H groups in total. The van der Waals surface area contributed by atoms with Crippen LogP contribution in [0.3, 0.4) is 0 Å². The monoisotopic (exact) mass is 252 g/mol. The maximum atomic E-state index is 10.5. The van der Waals surface area contributed by atoms with Crippen LogP contribution in [0.5, 0.6) is 5.75 Å². The summed E-state index contributed by atoms with van der Waals surface area (Å²) in [4.78, 5) is 10.5. The molecular weight excluding hydrogens is 236 g/mol. The molecule has 1 atom stereocenters. The van der Waals surface area contributed by atoms with E-state index >= 15 is 0 Å². The zero-order valence-corrected chi connectivity index (χ0v) is 10.7. The molecule has 1 aliphatic carbocycles. The number of halogens is 1. The largest absolute Gasteiger partial charge is 0.489 e. The number of benzene rings is 1. The van der Waals surface area contributed by atoms with Gasteiger partial charge in [0.1, 0.15) is 12.0 Å². The maximum Gasteiger partial charge on any atom is 0.138 e. The van der Waals surface area contributed by atoms with Crippen LogP contribution in [-0.2, 0) is 4.79 Å². The Morgan fingerprint density at radius 2 is 2.29 bits per heavy atom. The fourth-order valence-electron chi connectivity index (χ4n) is 1.87. The van der Waals surface area contributed by atoms with Gasteiger partial charge in [0.25, 0.3) is 0 Å². The first-order chi connectivity index (χ1) is 8.20. The van der Waals surface area contributed by atoms with E-state index in [0.717, 1.165) is 30.4 Å². The van der Waals surface area contributed by atoms with Gasteiger partial charge in [-0.3, -0.25) is 0 Å². The number of carbonyl (C=O) groups is 1. The number of rotatable bonds is 5. The van der Waals surface area contributed by atoms with Gasteiger partial charge in [-0.05, 0) is 42.9 Å². The Morgan fingerprint density at radius 1 is 1.53 bits per heavy atom. The second kappa shape index (κ2) is 5.54. The molecule has 0 radical (unpaired) electrons. The summed E-state index contributed by atoms with van der Waals surface area (Å²) in [7, 11) is 0. The molecule has 1 aromatic carbocycles. The SMILES string of the molecule is CC(CC=O)c1ccc(OC2CCC2)c(Cl)c1. The van der Waals surface area contributed by atoms with E-state index < -0.39 is 0 Å². The average Bonchev–Trinajstić information content (AvgIpc) is 2.25. The highest BCUT2D eigenvalue weighted by molar-refractivity contribution is 6.32. The van der Waals surface area contributed by atoms with Crippen molar-refractivity contribution >= 4 is 17.9 Å². The Bertz CT molecular complexity index is 399. The van der Waals surface area contributed by atoms with E-state index in [1.54, 1.807) is 0 Å². The Hall–Kier alpha value is -1.02. The van der Waals surface area contributed by atoms with Crippen molar-refractivity contribution in [2.75, 3.05) is 0 Å². The summed E-state index contributed by atoms with van der Waals surface area (Å²) in [6.45, 7) is 2.02. The second-order valence-corrected chi connectivity index (χ2v) is 5.07. The number of aldehydes is 1. The van der Waals surface area contributed by atoms with Crippen LogP contribution < -0.4 is 4.74 Å². The third-order valence-corrected chi connectivity index (χ3v) is 3.62. The zero-order valence-electron chi connectivity index (χ0n) is 9.99. The van der Waals surface area contributed by atoms with Crippen molar-refractivity contribution in [1.29, 1.82) is 0 Å². The van der Waals surface area contributed by atoms with Gasteiger partial charge in [-0.25, -0.2) is 0 Å². The van der Waals surface area contributed by atoms with Gasteiger partial charge in [0.05, 0.1) is 11.1 Å².